The quantitative estimate of drug-likeness (QED) is 0.361. The lowest BCUT2D eigenvalue weighted by Crippen LogP contribution is -1.99. The molecule has 4 rings (SSSR count). The van der Waals surface area contributed by atoms with Crippen LogP contribution in [0.3, 0.4) is 0 Å². The molecule has 3 nitrogen and oxygen atoms in total. The monoisotopic (exact) mass is 387 g/mol. The van der Waals surface area contributed by atoms with E-state index in [1.54, 1.807) is 0 Å². The standard InChI is InChI=1S/C20H15N3.3C2H6/c1-4-10-16(11-5-1)19-21-20(17-12-6-2-7-13-17)23(22-19)18-14-8-3-9-15-18;3*1-2/h1-15H;3*1-2H3. The highest BCUT2D eigenvalue weighted by Crippen LogP contribution is 2.24. The van der Waals surface area contributed by atoms with E-state index in [0.29, 0.717) is 0 Å². The summed E-state index contributed by atoms with van der Waals surface area (Å²) in [6.07, 6.45) is 0. The molecule has 0 amide bonds. The van der Waals surface area contributed by atoms with Gasteiger partial charge in [-0.1, -0.05) is 120 Å². The maximum atomic E-state index is 4.78. The van der Waals surface area contributed by atoms with Crippen molar-refractivity contribution in [3.63, 3.8) is 0 Å². The van der Waals surface area contributed by atoms with Crippen LogP contribution in [-0.4, -0.2) is 14.8 Å². The van der Waals surface area contributed by atoms with Crippen LogP contribution in [0.15, 0.2) is 91.0 Å². The smallest absolute Gasteiger partial charge is 0.182 e. The highest BCUT2D eigenvalue weighted by atomic mass is 15.4. The van der Waals surface area contributed by atoms with Gasteiger partial charge in [0.15, 0.2) is 11.6 Å². The molecule has 3 aromatic carbocycles. The van der Waals surface area contributed by atoms with Gasteiger partial charge in [0, 0.05) is 11.1 Å². The Kier molecular flexibility index (Phi) is 11.4. The largest absolute Gasteiger partial charge is 0.213 e. The topological polar surface area (TPSA) is 30.7 Å². The highest BCUT2D eigenvalue weighted by molar-refractivity contribution is 5.63. The van der Waals surface area contributed by atoms with Gasteiger partial charge in [-0.25, -0.2) is 9.67 Å². The Labute approximate surface area is 176 Å². The molecular weight excluding hydrogens is 354 g/mol. The van der Waals surface area contributed by atoms with Crippen LogP contribution < -0.4 is 0 Å². The lowest BCUT2D eigenvalue weighted by atomic mass is 10.2. The maximum Gasteiger partial charge on any atom is 0.182 e. The Hall–Kier alpha value is -3.20. The summed E-state index contributed by atoms with van der Waals surface area (Å²) >= 11 is 0. The fraction of sp³-hybridized carbons (Fsp3) is 0.231. The summed E-state index contributed by atoms with van der Waals surface area (Å²) in [4.78, 5) is 4.78. The molecule has 0 unspecified atom stereocenters. The van der Waals surface area contributed by atoms with E-state index in [9.17, 15) is 0 Å². The van der Waals surface area contributed by atoms with Crippen molar-refractivity contribution in [2.45, 2.75) is 41.5 Å². The predicted molar refractivity (Wildman–Crippen MR) is 126 cm³/mol. The Morgan fingerprint density at radius 3 is 1.41 bits per heavy atom. The van der Waals surface area contributed by atoms with Crippen molar-refractivity contribution >= 4 is 0 Å². The Balaban J connectivity index is 0.000000644. The first-order valence-corrected chi connectivity index (χ1v) is 10.6. The summed E-state index contributed by atoms with van der Waals surface area (Å²) in [5.41, 5.74) is 3.06. The number of benzene rings is 3. The molecule has 3 heteroatoms. The molecule has 0 spiro atoms. The van der Waals surface area contributed by atoms with E-state index in [2.05, 4.69) is 12.1 Å². The van der Waals surface area contributed by atoms with Gasteiger partial charge in [-0.05, 0) is 12.1 Å². The maximum absolute atomic E-state index is 4.78. The van der Waals surface area contributed by atoms with E-state index in [4.69, 9.17) is 10.1 Å². The third-order valence-corrected chi connectivity index (χ3v) is 3.67. The molecule has 1 aromatic heterocycles. The minimum absolute atomic E-state index is 0.730. The van der Waals surface area contributed by atoms with Crippen molar-refractivity contribution in [2.24, 2.45) is 0 Å². The molecule has 152 valence electrons. The lowest BCUT2D eigenvalue weighted by molar-refractivity contribution is 0.890. The number of para-hydroxylation sites is 1. The average Bonchev–Trinajstić information content (AvgIpc) is 3.30. The Bertz CT molecular complexity index is 842. The van der Waals surface area contributed by atoms with Crippen LogP contribution in [0, 0.1) is 0 Å². The van der Waals surface area contributed by atoms with Gasteiger partial charge in [-0.2, -0.15) is 0 Å². The number of aromatic nitrogens is 3. The van der Waals surface area contributed by atoms with Crippen molar-refractivity contribution in [2.75, 3.05) is 0 Å². The number of nitrogens with zero attached hydrogens (tertiary/aromatic N) is 3. The molecule has 0 radical (unpaired) electrons. The molecule has 0 aliphatic rings. The Morgan fingerprint density at radius 2 is 0.931 bits per heavy atom. The second-order valence-corrected chi connectivity index (χ2v) is 5.24. The summed E-state index contributed by atoms with van der Waals surface area (Å²) in [6, 6.07) is 30.3. The van der Waals surface area contributed by atoms with Gasteiger partial charge >= 0.3 is 0 Å². The zero-order chi connectivity index (χ0) is 21.5. The number of hydrogen-bond donors (Lipinski definition) is 0. The number of hydrogen-bond acceptors (Lipinski definition) is 2. The van der Waals surface area contributed by atoms with Crippen LogP contribution in [0.5, 0.6) is 0 Å². The molecule has 0 aliphatic heterocycles. The number of rotatable bonds is 3. The van der Waals surface area contributed by atoms with E-state index < -0.39 is 0 Å². The van der Waals surface area contributed by atoms with Gasteiger partial charge in [0.1, 0.15) is 0 Å². The van der Waals surface area contributed by atoms with Crippen molar-refractivity contribution in [1.29, 1.82) is 0 Å². The van der Waals surface area contributed by atoms with Gasteiger partial charge in [0.05, 0.1) is 5.69 Å². The predicted octanol–water partition coefficient (Wildman–Crippen LogP) is 7.68. The van der Waals surface area contributed by atoms with Gasteiger partial charge in [0.2, 0.25) is 0 Å². The molecule has 0 aliphatic carbocycles. The van der Waals surface area contributed by atoms with Crippen LogP contribution in [-0.2, 0) is 0 Å². The fourth-order valence-electron chi connectivity index (χ4n) is 2.54. The zero-order valence-corrected chi connectivity index (χ0v) is 18.5. The summed E-state index contributed by atoms with van der Waals surface area (Å²) in [6.45, 7) is 12.0. The van der Waals surface area contributed by atoms with Gasteiger partial charge < -0.3 is 0 Å². The SMILES string of the molecule is CC.CC.CC.c1ccc(-c2nc(-c3ccccc3)n(-c3ccccc3)n2)cc1. The van der Waals surface area contributed by atoms with E-state index in [0.717, 1.165) is 28.5 Å². The highest BCUT2D eigenvalue weighted by Gasteiger charge is 2.14. The van der Waals surface area contributed by atoms with Crippen LogP contribution >= 0.6 is 0 Å². The molecule has 4 aromatic rings. The molecule has 0 saturated heterocycles. The van der Waals surface area contributed by atoms with E-state index in [-0.39, 0.29) is 0 Å². The average molecular weight is 388 g/mol. The van der Waals surface area contributed by atoms with Crippen LogP contribution in [0.4, 0.5) is 0 Å². The molecule has 0 fully saturated rings. The first-order valence-electron chi connectivity index (χ1n) is 10.6. The summed E-state index contributed by atoms with van der Waals surface area (Å²) < 4.78 is 1.90. The minimum atomic E-state index is 0.730. The van der Waals surface area contributed by atoms with Gasteiger partial charge in [-0.15, -0.1) is 5.10 Å². The third-order valence-electron chi connectivity index (χ3n) is 3.67. The molecule has 0 N–H and O–H groups in total. The van der Waals surface area contributed by atoms with Gasteiger partial charge in [-0.3, -0.25) is 0 Å². The molecule has 0 saturated carbocycles. The van der Waals surface area contributed by atoms with Crippen molar-refractivity contribution in [3.05, 3.63) is 91.0 Å². The summed E-state index contributed by atoms with van der Waals surface area (Å²) in [5.74, 6) is 1.57. The third kappa shape index (κ3) is 6.42. The normalized spacial score (nSPS) is 9.03. The fourth-order valence-corrected chi connectivity index (χ4v) is 2.54. The Morgan fingerprint density at radius 1 is 0.517 bits per heavy atom. The van der Waals surface area contributed by atoms with Crippen molar-refractivity contribution in [3.8, 4) is 28.5 Å². The second-order valence-electron chi connectivity index (χ2n) is 5.24. The van der Waals surface area contributed by atoms with Crippen LogP contribution in [0.2, 0.25) is 0 Å². The van der Waals surface area contributed by atoms with Crippen LogP contribution in [0.1, 0.15) is 41.5 Å². The molecule has 1 heterocycles. The van der Waals surface area contributed by atoms with Crippen molar-refractivity contribution < 1.29 is 0 Å². The second kappa shape index (κ2) is 13.9. The molecule has 0 atom stereocenters. The van der Waals surface area contributed by atoms with Gasteiger partial charge in [0.25, 0.3) is 0 Å². The first-order chi connectivity index (χ1) is 14.4. The zero-order valence-electron chi connectivity index (χ0n) is 18.5. The van der Waals surface area contributed by atoms with E-state index >= 15 is 0 Å². The first kappa shape index (κ1) is 23.8. The van der Waals surface area contributed by atoms with Crippen molar-refractivity contribution in [1.82, 2.24) is 14.8 Å². The minimum Gasteiger partial charge on any atom is -0.213 e. The summed E-state index contributed by atoms with van der Waals surface area (Å²) in [7, 11) is 0. The van der Waals surface area contributed by atoms with E-state index in [1.807, 2.05) is 125 Å². The molecule has 0 bridgehead atoms. The summed E-state index contributed by atoms with van der Waals surface area (Å²) in [5, 5.41) is 4.73. The molecule has 29 heavy (non-hydrogen) atoms. The van der Waals surface area contributed by atoms with E-state index in [1.165, 1.54) is 0 Å². The molecular formula is C26H33N3. The van der Waals surface area contributed by atoms with Crippen LogP contribution in [0.25, 0.3) is 28.5 Å². The lowest BCUT2D eigenvalue weighted by Gasteiger charge is -2.05.